The average Bonchev–Trinajstić information content (AvgIpc) is 3.22. The first-order valence-corrected chi connectivity index (χ1v) is 10.8. The van der Waals surface area contributed by atoms with Gasteiger partial charge in [-0.1, -0.05) is 12.1 Å². The maximum Gasteiger partial charge on any atom is 0.449 e. The zero-order chi connectivity index (χ0) is 26.2. The highest BCUT2D eigenvalue weighted by atomic mass is 19.4. The minimum atomic E-state index is -4.72. The van der Waals surface area contributed by atoms with E-state index in [9.17, 15) is 31.1 Å². The van der Waals surface area contributed by atoms with Gasteiger partial charge in [-0.05, 0) is 30.2 Å². The van der Waals surface area contributed by atoms with E-state index in [-0.39, 0.29) is 49.4 Å². The Morgan fingerprint density at radius 3 is 2.39 bits per heavy atom. The second kappa shape index (κ2) is 9.66. The van der Waals surface area contributed by atoms with Crippen LogP contribution in [0, 0.1) is 28.8 Å². The van der Waals surface area contributed by atoms with Crippen LogP contribution in [0.15, 0.2) is 36.4 Å². The van der Waals surface area contributed by atoms with Crippen LogP contribution >= 0.6 is 0 Å². The van der Waals surface area contributed by atoms with Crippen molar-refractivity contribution in [3.63, 3.8) is 0 Å². The third kappa shape index (κ3) is 5.06. The third-order valence-electron chi connectivity index (χ3n) is 5.91. The van der Waals surface area contributed by atoms with Gasteiger partial charge in [-0.3, -0.25) is 4.79 Å². The van der Waals surface area contributed by atoms with E-state index in [0.717, 1.165) is 4.57 Å². The molecule has 36 heavy (non-hydrogen) atoms. The summed E-state index contributed by atoms with van der Waals surface area (Å²) in [6, 6.07) is 7.94. The van der Waals surface area contributed by atoms with Crippen molar-refractivity contribution in [1.82, 2.24) is 14.5 Å². The molecule has 2 heterocycles. The summed E-state index contributed by atoms with van der Waals surface area (Å²) >= 11 is 0. The van der Waals surface area contributed by atoms with E-state index in [0.29, 0.717) is 23.3 Å². The molecule has 0 unspecified atom stereocenters. The fourth-order valence-electron chi connectivity index (χ4n) is 4.16. The number of benzene rings is 2. The average molecular weight is 507 g/mol. The van der Waals surface area contributed by atoms with Crippen LogP contribution in [0.1, 0.15) is 29.1 Å². The maximum absolute atomic E-state index is 13.9. The lowest BCUT2D eigenvalue weighted by Gasteiger charge is -2.30. The summed E-state index contributed by atoms with van der Waals surface area (Å²) in [6.07, 6.45) is -5.25. The zero-order valence-electron chi connectivity index (χ0n) is 18.6. The van der Waals surface area contributed by atoms with Crippen molar-refractivity contribution in [2.24, 2.45) is 5.73 Å². The predicted molar refractivity (Wildman–Crippen MR) is 115 cm³/mol. The van der Waals surface area contributed by atoms with E-state index in [1.807, 2.05) is 6.07 Å². The van der Waals surface area contributed by atoms with Crippen LogP contribution in [0.2, 0.25) is 0 Å². The van der Waals surface area contributed by atoms with Crippen LogP contribution in [0.5, 0.6) is 0 Å². The number of alkyl halides is 3. The van der Waals surface area contributed by atoms with Gasteiger partial charge >= 0.3 is 6.18 Å². The Bertz CT molecular complexity index is 1340. The van der Waals surface area contributed by atoms with Crippen LogP contribution in [-0.4, -0.2) is 32.9 Å². The molecule has 0 radical (unpaired) electrons. The molecule has 2 N–H and O–H groups in total. The Balaban J connectivity index is 1.55. The number of carbonyl (C=O) groups is 1. The number of nitrogens with zero attached hydrogens (tertiary/aromatic N) is 4. The molecule has 0 spiro atoms. The highest BCUT2D eigenvalue weighted by Crippen LogP contribution is 2.36. The number of amides is 1. The molecule has 188 valence electrons. The molecular formula is C24H19F6N5O. The molecule has 1 aliphatic heterocycles. The summed E-state index contributed by atoms with van der Waals surface area (Å²) < 4.78 is 82.5. The van der Waals surface area contributed by atoms with E-state index in [1.165, 1.54) is 29.2 Å². The standard InChI is InChI=1S/C24H19F6N5O/c25-17-10-19(27)18(26)8-15(17)7-16(32)9-21(36)34-5-6-35-20(12-34)22(33-23(35)24(28,29)30)14-3-1-13(11-31)2-4-14/h1-4,8,10,16H,5-7,9,12,32H2/t16-/m1/s1. The van der Waals surface area contributed by atoms with Gasteiger partial charge in [0.2, 0.25) is 11.7 Å². The largest absolute Gasteiger partial charge is 0.449 e. The van der Waals surface area contributed by atoms with Gasteiger partial charge in [0.05, 0.1) is 29.6 Å². The van der Waals surface area contributed by atoms with Crippen molar-refractivity contribution in [2.45, 2.75) is 38.1 Å². The number of aromatic nitrogens is 2. The fraction of sp³-hybridized carbons (Fsp3) is 0.292. The lowest BCUT2D eigenvalue weighted by atomic mass is 10.0. The molecule has 0 saturated heterocycles. The van der Waals surface area contributed by atoms with Crippen molar-refractivity contribution in [3.8, 4) is 17.3 Å². The highest BCUT2D eigenvalue weighted by Gasteiger charge is 2.40. The SMILES string of the molecule is N#Cc1ccc(-c2nc(C(F)(F)F)n3c2CN(C(=O)C[C@H](N)Cc2cc(F)c(F)cc2F)CC3)cc1. The number of rotatable bonds is 5. The zero-order valence-corrected chi connectivity index (χ0v) is 18.6. The van der Waals surface area contributed by atoms with Gasteiger partial charge in [-0.25, -0.2) is 18.2 Å². The van der Waals surface area contributed by atoms with Crippen molar-refractivity contribution < 1.29 is 31.1 Å². The molecule has 0 aliphatic carbocycles. The number of carbonyl (C=O) groups excluding carboxylic acids is 1. The van der Waals surface area contributed by atoms with Crippen LogP contribution in [0.3, 0.4) is 0 Å². The molecule has 1 aliphatic rings. The number of nitriles is 1. The summed E-state index contributed by atoms with van der Waals surface area (Å²) in [5.41, 5.74) is 6.65. The van der Waals surface area contributed by atoms with Gasteiger partial charge in [0.15, 0.2) is 11.6 Å². The summed E-state index contributed by atoms with van der Waals surface area (Å²) in [7, 11) is 0. The lowest BCUT2D eigenvalue weighted by molar-refractivity contribution is -0.148. The van der Waals surface area contributed by atoms with E-state index in [2.05, 4.69) is 4.98 Å². The highest BCUT2D eigenvalue weighted by molar-refractivity contribution is 5.77. The minimum absolute atomic E-state index is 0.0374. The molecular weight excluding hydrogens is 488 g/mol. The number of imidazole rings is 1. The van der Waals surface area contributed by atoms with Crippen LogP contribution in [0.4, 0.5) is 26.3 Å². The van der Waals surface area contributed by atoms with Crippen LogP contribution < -0.4 is 5.73 Å². The summed E-state index contributed by atoms with van der Waals surface area (Å²) in [4.78, 5) is 18.0. The van der Waals surface area contributed by atoms with Gasteiger partial charge < -0.3 is 15.2 Å². The molecule has 1 aromatic heterocycles. The van der Waals surface area contributed by atoms with Crippen molar-refractivity contribution in [1.29, 1.82) is 5.26 Å². The second-order valence-corrected chi connectivity index (χ2v) is 8.41. The third-order valence-corrected chi connectivity index (χ3v) is 5.91. The number of halogens is 6. The molecule has 6 nitrogen and oxygen atoms in total. The Hall–Kier alpha value is -3.85. The number of nitrogens with two attached hydrogens (primary N) is 1. The topological polar surface area (TPSA) is 87.9 Å². The Kier molecular flexibility index (Phi) is 6.77. The maximum atomic E-state index is 13.9. The van der Waals surface area contributed by atoms with Gasteiger partial charge in [0, 0.05) is 37.2 Å². The van der Waals surface area contributed by atoms with Gasteiger partial charge in [-0.15, -0.1) is 0 Å². The molecule has 12 heteroatoms. The predicted octanol–water partition coefficient (Wildman–Crippen LogP) is 4.16. The van der Waals surface area contributed by atoms with E-state index < -0.39 is 41.4 Å². The Morgan fingerprint density at radius 2 is 1.75 bits per heavy atom. The lowest BCUT2D eigenvalue weighted by Crippen LogP contribution is -2.42. The van der Waals surface area contributed by atoms with E-state index >= 15 is 0 Å². The smallest absolute Gasteiger partial charge is 0.335 e. The first kappa shape index (κ1) is 25.2. The van der Waals surface area contributed by atoms with Crippen LogP contribution in [-0.2, 0) is 30.5 Å². The Morgan fingerprint density at radius 1 is 1.08 bits per heavy atom. The number of fused-ring (bicyclic) bond motifs is 1. The molecule has 3 aromatic rings. The van der Waals surface area contributed by atoms with E-state index in [1.54, 1.807) is 0 Å². The van der Waals surface area contributed by atoms with Gasteiger partial charge in [0.25, 0.3) is 0 Å². The monoisotopic (exact) mass is 507 g/mol. The first-order chi connectivity index (χ1) is 17.0. The van der Waals surface area contributed by atoms with Gasteiger partial charge in [-0.2, -0.15) is 18.4 Å². The molecule has 1 atom stereocenters. The van der Waals surface area contributed by atoms with Crippen molar-refractivity contribution in [3.05, 3.63) is 76.5 Å². The van der Waals surface area contributed by atoms with Crippen molar-refractivity contribution >= 4 is 5.91 Å². The number of hydrogen-bond donors (Lipinski definition) is 1. The fourth-order valence-corrected chi connectivity index (χ4v) is 4.16. The normalized spacial score (nSPS) is 14.3. The minimum Gasteiger partial charge on any atom is -0.335 e. The molecule has 0 saturated carbocycles. The van der Waals surface area contributed by atoms with Crippen LogP contribution in [0.25, 0.3) is 11.3 Å². The van der Waals surface area contributed by atoms with E-state index in [4.69, 9.17) is 11.0 Å². The summed E-state index contributed by atoms with van der Waals surface area (Å²) in [5.74, 6) is -5.16. The number of hydrogen-bond acceptors (Lipinski definition) is 4. The summed E-state index contributed by atoms with van der Waals surface area (Å²) in [6.45, 7) is -0.375. The molecule has 2 aromatic carbocycles. The second-order valence-electron chi connectivity index (χ2n) is 8.41. The van der Waals surface area contributed by atoms with Gasteiger partial charge in [0.1, 0.15) is 5.82 Å². The van der Waals surface area contributed by atoms with Crippen molar-refractivity contribution in [2.75, 3.05) is 6.54 Å². The molecule has 4 rings (SSSR count). The molecule has 0 fully saturated rings. The first-order valence-electron chi connectivity index (χ1n) is 10.8. The Labute approximate surface area is 201 Å². The molecule has 0 bridgehead atoms. The quantitative estimate of drug-likeness (QED) is 0.415. The summed E-state index contributed by atoms with van der Waals surface area (Å²) in [5, 5.41) is 8.97. The molecule has 1 amide bonds.